The van der Waals surface area contributed by atoms with Crippen molar-refractivity contribution in [3.8, 4) is 0 Å². The molecule has 0 aromatic carbocycles. The quantitative estimate of drug-likeness (QED) is 0.643. The highest BCUT2D eigenvalue weighted by molar-refractivity contribution is 4.89. The fourth-order valence-electron chi connectivity index (χ4n) is 2.43. The van der Waals surface area contributed by atoms with Crippen LogP contribution in [0.1, 0.15) is 25.7 Å². The average Bonchev–Trinajstić information content (AvgIpc) is 2.06. The van der Waals surface area contributed by atoms with Gasteiger partial charge >= 0.3 is 0 Å². The molecule has 3 N–H and O–H groups in total. The van der Waals surface area contributed by atoms with Crippen molar-refractivity contribution in [2.24, 2.45) is 11.7 Å². The van der Waals surface area contributed by atoms with Gasteiger partial charge in [0.05, 0.1) is 0 Å². The number of nitrogens with two attached hydrogens (primary N) is 1. The number of rotatable bonds is 2. The van der Waals surface area contributed by atoms with E-state index >= 15 is 0 Å². The van der Waals surface area contributed by atoms with Crippen molar-refractivity contribution in [1.82, 2.24) is 4.90 Å². The molecule has 2 fully saturated rings. The molecule has 0 amide bonds. The molecule has 0 radical (unpaired) electrons. The average molecular weight is 184 g/mol. The molecule has 2 rings (SSSR count). The van der Waals surface area contributed by atoms with E-state index in [9.17, 15) is 0 Å². The lowest BCUT2D eigenvalue weighted by Crippen LogP contribution is -2.50. The molecule has 0 spiro atoms. The summed E-state index contributed by atoms with van der Waals surface area (Å²) < 4.78 is 0. The molecule has 0 aromatic rings. The van der Waals surface area contributed by atoms with Gasteiger partial charge in [0.1, 0.15) is 0 Å². The standard InChI is InChI=1S/C10H20N2O/c11-9-1-3-12(4-2-9)10-5-8(6-10)7-13/h8-10,13H,1-7,11H2/t8-,10+. The maximum Gasteiger partial charge on any atom is 0.0460 e. The maximum absolute atomic E-state index is 8.91. The molecule has 76 valence electrons. The van der Waals surface area contributed by atoms with E-state index in [-0.39, 0.29) is 0 Å². The van der Waals surface area contributed by atoms with Crippen molar-refractivity contribution >= 4 is 0 Å². The third kappa shape index (κ3) is 2.03. The van der Waals surface area contributed by atoms with Gasteiger partial charge in [-0.15, -0.1) is 0 Å². The third-order valence-corrected chi connectivity index (χ3v) is 3.56. The number of aliphatic hydroxyl groups excluding tert-OH is 1. The fourth-order valence-corrected chi connectivity index (χ4v) is 2.43. The number of hydrogen-bond donors (Lipinski definition) is 2. The molecule has 0 unspecified atom stereocenters. The number of hydrogen-bond acceptors (Lipinski definition) is 3. The summed E-state index contributed by atoms with van der Waals surface area (Å²) in [4.78, 5) is 2.55. The molecule has 13 heavy (non-hydrogen) atoms. The van der Waals surface area contributed by atoms with Crippen molar-refractivity contribution in [2.45, 2.75) is 37.8 Å². The van der Waals surface area contributed by atoms with E-state index in [1.807, 2.05) is 0 Å². The maximum atomic E-state index is 8.91. The fraction of sp³-hybridized carbons (Fsp3) is 1.00. The summed E-state index contributed by atoms with van der Waals surface area (Å²) in [6.07, 6.45) is 4.71. The van der Waals surface area contributed by atoms with E-state index < -0.39 is 0 Å². The van der Waals surface area contributed by atoms with Crippen LogP contribution in [0.5, 0.6) is 0 Å². The molecule has 1 saturated carbocycles. The Morgan fingerprint density at radius 1 is 1.23 bits per heavy atom. The van der Waals surface area contributed by atoms with Crippen molar-refractivity contribution in [3.63, 3.8) is 0 Å². The minimum Gasteiger partial charge on any atom is -0.396 e. The van der Waals surface area contributed by atoms with Gasteiger partial charge in [-0.05, 0) is 44.7 Å². The van der Waals surface area contributed by atoms with Crippen molar-refractivity contribution in [1.29, 1.82) is 0 Å². The highest BCUT2D eigenvalue weighted by Gasteiger charge is 2.34. The Morgan fingerprint density at radius 3 is 2.38 bits per heavy atom. The Labute approximate surface area is 79.9 Å². The molecular weight excluding hydrogens is 164 g/mol. The Hall–Kier alpha value is -0.120. The summed E-state index contributed by atoms with van der Waals surface area (Å²) in [6.45, 7) is 2.72. The van der Waals surface area contributed by atoms with Gasteiger partial charge in [-0.3, -0.25) is 0 Å². The second-order valence-electron chi connectivity index (χ2n) is 4.55. The van der Waals surface area contributed by atoms with Crippen molar-refractivity contribution in [3.05, 3.63) is 0 Å². The van der Waals surface area contributed by atoms with Gasteiger partial charge in [-0.2, -0.15) is 0 Å². The molecule has 0 bridgehead atoms. The molecule has 0 atom stereocenters. The summed E-state index contributed by atoms with van der Waals surface area (Å²) in [5.74, 6) is 0.584. The Bertz CT molecular complexity index is 160. The molecule has 3 heteroatoms. The van der Waals surface area contributed by atoms with Gasteiger partial charge in [0, 0.05) is 18.7 Å². The summed E-state index contributed by atoms with van der Waals surface area (Å²) in [5, 5.41) is 8.91. The lowest BCUT2D eigenvalue weighted by Gasteiger charge is -2.44. The zero-order chi connectivity index (χ0) is 9.26. The monoisotopic (exact) mass is 184 g/mol. The van der Waals surface area contributed by atoms with Crippen molar-refractivity contribution in [2.75, 3.05) is 19.7 Å². The Kier molecular flexibility index (Phi) is 2.86. The minimum atomic E-state index is 0.379. The van der Waals surface area contributed by atoms with Crippen LogP contribution in [-0.2, 0) is 0 Å². The van der Waals surface area contributed by atoms with Crippen LogP contribution in [0.25, 0.3) is 0 Å². The molecule has 1 heterocycles. The summed E-state index contributed by atoms with van der Waals surface area (Å²) in [6, 6.07) is 1.19. The highest BCUT2D eigenvalue weighted by atomic mass is 16.3. The van der Waals surface area contributed by atoms with Crippen LogP contribution in [0.3, 0.4) is 0 Å². The number of aliphatic hydroxyl groups is 1. The molecule has 2 aliphatic rings. The molecule has 3 nitrogen and oxygen atoms in total. The van der Waals surface area contributed by atoms with Crippen LogP contribution in [0.2, 0.25) is 0 Å². The van der Waals surface area contributed by atoms with Crippen LogP contribution >= 0.6 is 0 Å². The molecule has 1 aliphatic heterocycles. The van der Waals surface area contributed by atoms with E-state index in [2.05, 4.69) is 4.90 Å². The molecule has 1 saturated heterocycles. The Balaban J connectivity index is 1.71. The highest BCUT2D eigenvalue weighted by Crippen LogP contribution is 2.32. The normalized spacial score (nSPS) is 37.4. The molecule has 1 aliphatic carbocycles. The van der Waals surface area contributed by atoms with E-state index in [1.54, 1.807) is 0 Å². The molecule has 0 aromatic heterocycles. The van der Waals surface area contributed by atoms with Crippen LogP contribution < -0.4 is 5.73 Å². The summed E-state index contributed by atoms with van der Waals surface area (Å²) in [5.41, 5.74) is 5.84. The predicted octanol–water partition coefficient (Wildman–Crippen LogP) is 0.180. The smallest absolute Gasteiger partial charge is 0.0460 e. The first-order valence-electron chi connectivity index (χ1n) is 5.40. The van der Waals surface area contributed by atoms with E-state index in [1.165, 1.54) is 25.9 Å². The van der Waals surface area contributed by atoms with Gasteiger partial charge in [0.15, 0.2) is 0 Å². The zero-order valence-corrected chi connectivity index (χ0v) is 8.15. The second kappa shape index (κ2) is 3.95. The SMILES string of the molecule is NC1CCN([C@H]2C[C@@H](CO)C2)CC1. The summed E-state index contributed by atoms with van der Waals surface area (Å²) >= 11 is 0. The lowest BCUT2D eigenvalue weighted by atomic mass is 9.79. The minimum absolute atomic E-state index is 0.379. The van der Waals surface area contributed by atoms with Crippen LogP contribution in [-0.4, -0.2) is 41.8 Å². The van der Waals surface area contributed by atoms with Crippen LogP contribution in [0.4, 0.5) is 0 Å². The van der Waals surface area contributed by atoms with E-state index in [0.29, 0.717) is 18.6 Å². The van der Waals surface area contributed by atoms with Gasteiger partial charge < -0.3 is 15.7 Å². The van der Waals surface area contributed by atoms with Gasteiger partial charge in [-0.1, -0.05) is 0 Å². The second-order valence-corrected chi connectivity index (χ2v) is 4.55. The number of likely N-dealkylation sites (tertiary alicyclic amines) is 1. The van der Waals surface area contributed by atoms with E-state index in [4.69, 9.17) is 10.8 Å². The van der Waals surface area contributed by atoms with Crippen LogP contribution in [0.15, 0.2) is 0 Å². The largest absolute Gasteiger partial charge is 0.396 e. The first kappa shape index (κ1) is 9.44. The third-order valence-electron chi connectivity index (χ3n) is 3.56. The first-order valence-corrected chi connectivity index (χ1v) is 5.40. The van der Waals surface area contributed by atoms with Gasteiger partial charge in [0.2, 0.25) is 0 Å². The Morgan fingerprint density at radius 2 is 1.85 bits per heavy atom. The first-order chi connectivity index (χ1) is 6.29. The van der Waals surface area contributed by atoms with Gasteiger partial charge in [0.25, 0.3) is 0 Å². The van der Waals surface area contributed by atoms with Crippen molar-refractivity contribution < 1.29 is 5.11 Å². The summed E-state index contributed by atoms with van der Waals surface area (Å²) in [7, 11) is 0. The van der Waals surface area contributed by atoms with Gasteiger partial charge in [-0.25, -0.2) is 0 Å². The van der Waals surface area contributed by atoms with E-state index in [0.717, 1.165) is 18.9 Å². The van der Waals surface area contributed by atoms with Crippen LogP contribution in [0, 0.1) is 5.92 Å². The molecular formula is C10H20N2O. The number of nitrogens with zero attached hydrogens (tertiary/aromatic N) is 1. The lowest BCUT2D eigenvalue weighted by molar-refractivity contribution is 0.0316. The number of piperidine rings is 1. The zero-order valence-electron chi connectivity index (χ0n) is 8.15. The predicted molar refractivity (Wildman–Crippen MR) is 52.4 cm³/mol. The topological polar surface area (TPSA) is 49.5 Å².